The van der Waals surface area contributed by atoms with E-state index in [4.69, 9.17) is 4.74 Å². The molecule has 5 rings (SSSR count). The van der Waals surface area contributed by atoms with Crippen molar-refractivity contribution in [2.75, 3.05) is 19.8 Å². The van der Waals surface area contributed by atoms with Gasteiger partial charge in [0.1, 0.15) is 6.04 Å². The van der Waals surface area contributed by atoms with Crippen molar-refractivity contribution in [1.29, 1.82) is 0 Å². The summed E-state index contributed by atoms with van der Waals surface area (Å²) in [6.45, 7) is 4.69. The number of rotatable bonds is 7. The van der Waals surface area contributed by atoms with E-state index in [-0.39, 0.29) is 35.7 Å². The Labute approximate surface area is 235 Å². The van der Waals surface area contributed by atoms with Gasteiger partial charge in [0.05, 0.1) is 35.8 Å². The van der Waals surface area contributed by atoms with Gasteiger partial charge in [-0.1, -0.05) is 68.0 Å². The second-order valence-corrected chi connectivity index (χ2v) is 12.7. The molecule has 7 atom stereocenters. The zero-order valence-electron chi connectivity index (χ0n) is 22.9. The van der Waals surface area contributed by atoms with Crippen LogP contribution in [0, 0.1) is 11.8 Å². The monoisotopic (exact) mass is 552 g/mol. The molecule has 210 valence electrons. The van der Waals surface area contributed by atoms with E-state index in [1.807, 2.05) is 47.4 Å². The number of carbonyl (C=O) groups is 3. The number of likely N-dealkylation sites (tertiary alicyclic amines) is 1. The van der Waals surface area contributed by atoms with Crippen molar-refractivity contribution < 1.29 is 24.2 Å². The Hall–Kier alpha value is -2.58. The van der Waals surface area contributed by atoms with Gasteiger partial charge >= 0.3 is 5.97 Å². The number of ether oxygens (including phenoxy) is 1. The van der Waals surface area contributed by atoms with Crippen molar-refractivity contribution in [2.45, 2.75) is 80.5 Å². The molecule has 0 aromatic heterocycles. The number of aliphatic hydroxyl groups is 1. The predicted octanol–water partition coefficient (Wildman–Crippen LogP) is 3.76. The predicted molar refractivity (Wildman–Crippen MR) is 152 cm³/mol. The Morgan fingerprint density at radius 1 is 1.13 bits per heavy atom. The second-order valence-electron chi connectivity index (χ2n) is 11.2. The van der Waals surface area contributed by atoms with Crippen molar-refractivity contribution >= 4 is 29.5 Å². The lowest BCUT2D eigenvalue weighted by molar-refractivity contribution is -0.153. The molecule has 1 N–H and O–H groups in total. The Bertz CT molecular complexity index is 1120. The first kappa shape index (κ1) is 28.0. The van der Waals surface area contributed by atoms with Crippen molar-refractivity contribution in [3.63, 3.8) is 0 Å². The summed E-state index contributed by atoms with van der Waals surface area (Å²) in [4.78, 5) is 46.1. The lowest BCUT2D eigenvalue weighted by Gasteiger charge is -2.40. The van der Waals surface area contributed by atoms with Gasteiger partial charge in [-0.3, -0.25) is 14.4 Å². The van der Waals surface area contributed by atoms with Crippen molar-refractivity contribution in [3.05, 3.63) is 60.2 Å². The number of amides is 2. The quantitative estimate of drug-likeness (QED) is 0.410. The van der Waals surface area contributed by atoms with Crippen LogP contribution >= 0.6 is 11.8 Å². The lowest BCUT2D eigenvalue weighted by atomic mass is 9.78. The van der Waals surface area contributed by atoms with E-state index in [0.717, 1.165) is 37.7 Å². The summed E-state index contributed by atoms with van der Waals surface area (Å²) in [6.07, 6.45) is 13.1. The molecule has 2 unspecified atom stereocenters. The maximum Gasteiger partial charge on any atom is 0.311 e. The van der Waals surface area contributed by atoms with Gasteiger partial charge in [0, 0.05) is 17.8 Å². The zero-order valence-corrected chi connectivity index (χ0v) is 23.7. The molecular formula is C31H40N2O5S. The number of carbonyl (C=O) groups excluding carboxylic acids is 3. The number of fused-ring (bicyclic) bond motifs is 2. The average Bonchev–Trinajstić information content (AvgIpc) is 3.32. The van der Waals surface area contributed by atoms with Crippen molar-refractivity contribution in [1.82, 2.24) is 9.80 Å². The Kier molecular flexibility index (Phi) is 8.52. The van der Waals surface area contributed by atoms with Crippen LogP contribution < -0.4 is 0 Å². The van der Waals surface area contributed by atoms with E-state index >= 15 is 0 Å². The highest BCUT2D eigenvalue weighted by Crippen LogP contribution is 2.61. The van der Waals surface area contributed by atoms with Crippen LogP contribution in [0.5, 0.6) is 0 Å². The van der Waals surface area contributed by atoms with Gasteiger partial charge in [-0.15, -0.1) is 11.8 Å². The number of thioether (sulfide) groups is 1. The lowest BCUT2D eigenvalue weighted by Crippen LogP contribution is -2.58. The van der Waals surface area contributed by atoms with Crippen LogP contribution in [0.3, 0.4) is 0 Å². The molecule has 0 aliphatic carbocycles. The van der Waals surface area contributed by atoms with Crippen LogP contribution in [0.15, 0.2) is 54.6 Å². The van der Waals surface area contributed by atoms with Gasteiger partial charge in [-0.2, -0.15) is 0 Å². The zero-order chi connectivity index (χ0) is 27.6. The molecule has 7 nitrogen and oxygen atoms in total. The van der Waals surface area contributed by atoms with Crippen LogP contribution in [-0.4, -0.2) is 80.6 Å². The number of cyclic esters (lactones) is 1. The normalized spacial score (nSPS) is 33.1. The van der Waals surface area contributed by atoms with E-state index in [2.05, 4.69) is 26.0 Å². The Morgan fingerprint density at radius 3 is 2.67 bits per heavy atom. The Morgan fingerprint density at radius 2 is 1.92 bits per heavy atom. The molecule has 0 saturated carbocycles. The molecule has 39 heavy (non-hydrogen) atoms. The minimum Gasteiger partial charge on any atom is -0.465 e. The standard InChI is InChI=1S/C31H40N2O5S/c1-3-12-21(2)32-17-11-16-31-26(25-24(39-31)15-9-4-5-10-18-38-30(25)37)28(35)33(27(31)29(32)36)23(20-34)19-22-13-7-6-8-14-22/h6-9,11,13-16,21,23-27,34H,3-5,10,12,17-20H2,1-2H3/b15-9-/t21?,23-,24-,25+,26+,27?,31+/m1/s1. The van der Waals surface area contributed by atoms with E-state index in [0.29, 0.717) is 19.6 Å². The van der Waals surface area contributed by atoms with Crippen LogP contribution in [0.25, 0.3) is 0 Å². The number of benzene rings is 1. The topological polar surface area (TPSA) is 87.2 Å². The highest BCUT2D eigenvalue weighted by Gasteiger charge is 2.71. The van der Waals surface area contributed by atoms with E-state index in [9.17, 15) is 19.5 Å². The molecule has 4 heterocycles. The summed E-state index contributed by atoms with van der Waals surface area (Å²) in [5.74, 6) is -2.12. The molecule has 0 radical (unpaired) electrons. The first-order chi connectivity index (χ1) is 18.9. The molecule has 1 aromatic rings. The van der Waals surface area contributed by atoms with Gasteiger partial charge in [0.25, 0.3) is 0 Å². The SMILES string of the molecule is CCCC(C)N1CC=C[C@]23S[C@@H]4/C=C\CCCCOC(=O)[C@@H]4[C@H]2C(=O)N([C@@H](CO)Cc2ccccc2)C3C1=O. The summed E-state index contributed by atoms with van der Waals surface area (Å²) in [5.41, 5.74) is 0.981. The first-order valence-electron chi connectivity index (χ1n) is 14.4. The average molecular weight is 553 g/mol. The maximum atomic E-state index is 14.5. The van der Waals surface area contributed by atoms with Crippen LogP contribution in [0.1, 0.15) is 51.5 Å². The third-order valence-electron chi connectivity index (χ3n) is 8.73. The molecule has 4 aliphatic rings. The fourth-order valence-corrected chi connectivity index (χ4v) is 8.86. The number of aliphatic hydroxyl groups excluding tert-OH is 1. The molecule has 2 saturated heterocycles. The smallest absolute Gasteiger partial charge is 0.311 e. The first-order valence-corrected chi connectivity index (χ1v) is 15.3. The fraction of sp³-hybridized carbons (Fsp3) is 0.581. The highest BCUT2D eigenvalue weighted by molar-refractivity contribution is 8.02. The molecular weight excluding hydrogens is 512 g/mol. The third kappa shape index (κ3) is 5.06. The van der Waals surface area contributed by atoms with Gasteiger partial charge in [-0.25, -0.2) is 0 Å². The third-order valence-corrected chi connectivity index (χ3v) is 10.5. The molecule has 0 bridgehead atoms. The molecule has 2 fully saturated rings. The second kappa shape index (κ2) is 11.9. The van der Waals surface area contributed by atoms with Crippen LogP contribution in [-0.2, 0) is 25.5 Å². The van der Waals surface area contributed by atoms with Gasteiger partial charge in [-0.05, 0) is 44.6 Å². The molecule has 1 spiro atoms. The van der Waals surface area contributed by atoms with Gasteiger partial charge < -0.3 is 19.6 Å². The van der Waals surface area contributed by atoms with Gasteiger partial charge in [0.2, 0.25) is 11.8 Å². The van der Waals surface area contributed by atoms with Crippen molar-refractivity contribution in [2.24, 2.45) is 11.8 Å². The summed E-state index contributed by atoms with van der Waals surface area (Å²) in [6, 6.07) is 8.35. The Balaban J connectivity index is 1.61. The largest absolute Gasteiger partial charge is 0.465 e. The number of hydrogen-bond donors (Lipinski definition) is 1. The van der Waals surface area contributed by atoms with Crippen molar-refractivity contribution in [3.8, 4) is 0 Å². The number of nitrogens with zero attached hydrogens (tertiary/aromatic N) is 2. The minimum absolute atomic E-state index is 0.0111. The van der Waals surface area contributed by atoms with Crippen LogP contribution in [0.4, 0.5) is 0 Å². The molecule has 8 heteroatoms. The number of hydrogen-bond acceptors (Lipinski definition) is 6. The molecule has 1 aromatic carbocycles. The summed E-state index contributed by atoms with van der Waals surface area (Å²) in [5, 5.41) is 10.4. The van der Waals surface area contributed by atoms with E-state index in [1.165, 1.54) is 0 Å². The molecule has 2 amide bonds. The van der Waals surface area contributed by atoms with E-state index in [1.54, 1.807) is 16.7 Å². The summed E-state index contributed by atoms with van der Waals surface area (Å²) >= 11 is 1.56. The summed E-state index contributed by atoms with van der Waals surface area (Å²) in [7, 11) is 0. The van der Waals surface area contributed by atoms with Crippen LogP contribution in [0.2, 0.25) is 0 Å². The van der Waals surface area contributed by atoms with Gasteiger partial charge in [0.15, 0.2) is 0 Å². The minimum atomic E-state index is -0.911. The van der Waals surface area contributed by atoms with E-state index < -0.39 is 28.7 Å². The highest BCUT2D eigenvalue weighted by atomic mass is 32.2. The maximum absolute atomic E-state index is 14.5. The molecule has 4 aliphatic heterocycles. The number of allylic oxidation sites excluding steroid dienone is 1. The fourth-order valence-electron chi connectivity index (χ4n) is 6.87. The number of esters is 1. The summed E-state index contributed by atoms with van der Waals surface area (Å²) < 4.78 is 4.80.